The number of nitrogens with two attached hydrogens (primary N) is 1. The first-order valence-electron chi connectivity index (χ1n) is 6.77. The minimum Gasteiger partial charge on any atom is -0.464 e. The molecule has 104 valence electrons. The summed E-state index contributed by atoms with van der Waals surface area (Å²) in [4.78, 5) is 17.9. The Morgan fingerprint density at radius 3 is 3.16 bits per heavy atom. The number of anilines is 1. The first-order chi connectivity index (χ1) is 9.26. The Kier molecular flexibility index (Phi) is 4.74. The van der Waals surface area contributed by atoms with Crippen molar-refractivity contribution in [1.29, 1.82) is 0 Å². The Bertz CT molecular complexity index is 434. The molecule has 1 aromatic heterocycles. The number of aromatic nitrogens is 1. The van der Waals surface area contributed by atoms with Crippen molar-refractivity contribution < 1.29 is 9.53 Å². The second-order valence-corrected chi connectivity index (χ2v) is 4.81. The van der Waals surface area contributed by atoms with Crippen molar-refractivity contribution in [2.45, 2.75) is 31.7 Å². The summed E-state index contributed by atoms with van der Waals surface area (Å²) in [5.41, 5.74) is 7.08. The number of hydrogen-bond acceptors (Lipinski definition) is 5. The van der Waals surface area contributed by atoms with Gasteiger partial charge < -0.3 is 15.4 Å². The van der Waals surface area contributed by atoms with Crippen molar-refractivity contribution >= 4 is 11.7 Å². The summed E-state index contributed by atoms with van der Waals surface area (Å²) < 4.78 is 4.71. The zero-order valence-corrected chi connectivity index (χ0v) is 11.3. The summed E-state index contributed by atoms with van der Waals surface area (Å²) in [6.45, 7) is 1.70. The smallest absolute Gasteiger partial charge is 0.356 e. The molecule has 0 spiro atoms. The molecule has 1 unspecified atom stereocenters. The van der Waals surface area contributed by atoms with E-state index in [0.29, 0.717) is 18.3 Å². The Labute approximate surface area is 113 Å². The molecular weight excluding hydrogens is 242 g/mol. The third-order valence-corrected chi connectivity index (χ3v) is 3.60. The molecule has 0 aromatic carbocycles. The van der Waals surface area contributed by atoms with E-state index in [9.17, 15) is 4.79 Å². The van der Waals surface area contributed by atoms with Crippen LogP contribution in [0.2, 0.25) is 0 Å². The van der Waals surface area contributed by atoms with Crippen LogP contribution in [-0.2, 0) is 4.74 Å². The molecule has 1 aliphatic heterocycles. The van der Waals surface area contributed by atoms with E-state index >= 15 is 0 Å². The first-order valence-corrected chi connectivity index (χ1v) is 6.77. The van der Waals surface area contributed by atoms with Crippen LogP contribution >= 0.6 is 0 Å². The zero-order valence-electron chi connectivity index (χ0n) is 11.3. The lowest BCUT2D eigenvalue weighted by Crippen LogP contribution is -2.40. The van der Waals surface area contributed by atoms with Gasteiger partial charge in [0.2, 0.25) is 0 Å². The molecule has 1 aliphatic rings. The van der Waals surface area contributed by atoms with E-state index < -0.39 is 5.97 Å². The average Bonchev–Trinajstić information content (AvgIpc) is 2.47. The number of rotatable bonds is 4. The Morgan fingerprint density at radius 1 is 1.58 bits per heavy atom. The predicted molar refractivity (Wildman–Crippen MR) is 74.2 cm³/mol. The summed E-state index contributed by atoms with van der Waals surface area (Å²) in [7, 11) is 1.37. The van der Waals surface area contributed by atoms with Crippen LogP contribution in [0.3, 0.4) is 0 Å². The maximum absolute atomic E-state index is 11.5. The maximum Gasteiger partial charge on any atom is 0.356 e. The summed E-state index contributed by atoms with van der Waals surface area (Å²) >= 11 is 0. The highest BCUT2D eigenvalue weighted by atomic mass is 16.5. The number of carbonyl (C=O) groups excluding carboxylic acids is 1. The average molecular weight is 263 g/mol. The third kappa shape index (κ3) is 3.23. The molecule has 2 rings (SSSR count). The second kappa shape index (κ2) is 6.52. The highest BCUT2D eigenvalue weighted by Gasteiger charge is 2.22. The summed E-state index contributed by atoms with van der Waals surface area (Å²) in [5.74, 6) is -0.394. The van der Waals surface area contributed by atoms with Crippen molar-refractivity contribution in [3.8, 4) is 0 Å². The molecule has 0 saturated carbocycles. The minimum absolute atomic E-state index is 0.358. The molecule has 0 bridgehead atoms. The first kappa shape index (κ1) is 13.8. The van der Waals surface area contributed by atoms with E-state index in [1.807, 2.05) is 6.07 Å². The van der Waals surface area contributed by atoms with Gasteiger partial charge in [-0.05, 0) is 44.4 Å². The van der Waals surface area contributed by atoms with E-state index in [0.717, 1.165) is 25.1 Å². The number of nitrogens with zero attached hydrogens (tertiary/aromatic N) is 2. The molecule has 5 nitrogen and oxygen atoms in total. The molecule has 2 heterocycles. The topological polar surface area (TPSA) is 68.5 Å². The van der Waals surface area contributed by atoms with Crippen LogP contribution in [0.15, 0.2) is 18.3 Å². The monoisotopic (exact) mass is 263 g/mol. The fraction of sp³-hybridized carbons (Fsp3) is 0.571. The van der Waals surface area contributed by atoms with Crippen molar-refractivity contribution in [2.24, 2.45) is 5.73 Å². The van der Waals surface area contributed by atoms with Crippen molar-refractivity contribution in [1.82, 2.24) is 4.98 Å². The number of ether oxygens (including phenoxy) is 1. The van der Waals surface area contributed by atoms with Gasteiger partial charge in [-0.1, -0.05) is 0 Å². The van der Waals surface area contributed by atoms with Gasteiger partial charge >= 0.3 is 5.97 Å². The highest BCUT2D eigenvalue weighted by Crippen LogP contribution is 2.26. The number of pyridine rings is 1. The van der Waals surface area contributed by atoms with Gasteiger partial charge in [-0.25, -0.2) is 9.78 Å². The van der Waals surface area contributed by atoms with E-state index in [1.165, 1.54) is 20.0 Å². The quantitative estimate of drug-likeness (QED) is 0.835. The normalized spacial score (nSPS) is 19.3. The number of esters is 1. The lowest BCUT2D eigenvalue weighted by atomic mass is 9.98. The van der Waals surface area contributed by atoms with Crippen LogP contribution in [0.1, 0.15) is 36.2 Å². The van der Waals surface area contributed by atoms with Crippen LogP contribution in [0.4, 0.5) is 5.69 Å². The molecule has 1 fully saturated rings. The number of carbonyl (C=O) groups is 1. The fourth-order valence-electron chi connectivity index (χ4n) is 2.65. The molecule has 5 heteroatoms. The summed E-state index contributed by atoms with van der Waals surface area (Å²) in [6.07, 6.45) is 6.23. The summed E-state index contributed by atoms with van der Waals surface area (Å²) in [6, 6.07) is 4.22. The number of methoxy groups -OCH3 is 1. The zero-order chi connectivity index (χ0) is 13.7. The molecule has 0 aliphatic carbocycles. The van der Waals surface area contributed by atoms with Crippen LogP contribution in [0, 0.1) is 0 Å². The molecule has 1 atom stereocenters. The van der Waals surface area contributed by atoms with E-state index in [2.05, 4.69) is 9.88 Å². The second-order valence-electron chi connectivity index (χ2n) is 4.81. The molecule has 0 amide bonds. The number of hydrogen-bond donors (Lipinski definition) is 1. The van der Waals surface area contributed by atoms with Gasteiger partial charge in [0.1, 0.15) is 5.69 Å². The van der Waals surface area contributed by atoms with Gasteiger partial charge in [-0.2, -0.15) is 0 Å². The van der Waals surface area contributed by atoms with Gasteiger partial charge in [-0.15, -0.1) is 0 Å². The SMILES string of the molecule is COC(=O)c1cc(N2CCCCC2CCN)ccn1. The summed E-state index contributed by atoms with van der Waals surface area (Å²) in [5, 5.41) is 0. The Balaban J connectivity index is 2.21. The molecule has 1 saturated heterocycles. The third-order valence-electron chi connectivity index (χ3n) is 3.60. The molecule has 2 N–H and O–H groups in total. The number of piperidine rings is 1. The van der Waals surface area contributed by atoms with Gasteiger partial charge in [0.25, 0.3) is 0 Å². The van der Waals surface area contributed by atoms with Crippen LogP contribution in [-0.4, -0.2) is 37.2 Å². The van der Waals surface area contributed by atoms with Gasteiger partial charge in [0.05, 0.1) is 7.11 Å². The lowest BCUT2D eigenvalue weighted by molar-refractivity contribution is 0.0594. The molecule has 1 aromatic rings. The molecule has 19 heavy (non-hydrogen) atoms. The molecule has 0 radical (unpaired) electrons. The van der Waals surface area contributed by atoms with Crippen molar-refractivity contribution in [3.63, 3.8) is 0 Å². The van der Waals surface area contributed by atoms with E-state index in [-0.39, 0.29) is 0 Å². The van der Waals surface area contributed by atoms with E-state index in [1.54, 1.807) is 12.3 Å². The standard InChI is InChI=1S/C14H21N3O2/c1-19-14(18)13-10-12(6-8-16-13)17-9-3-2-4-11(17)5-7-15/h6,8,10-11H,2-5,7,9,15H2,1H3. The van der Waals surface area contributed by atoms with Gasteiger partial charge in [0, 0.05) is 24.5 Å². The lowest BCUT2D eigenvalue weighted by Gasteiger charge is -2.37. The van der Waals surface area contributed by atoms with Crippen LogP contribution in [0.5, 0.6) is 0 Å². The van der Waals surface area contributed by atoms with Gasteiger partial charge in [0.15, 0.2) is 0 Å². The van der Waals surface area contributed by atoms with Crippen molar-refractivity contribution in [2.75, 3.05) is 25.1 Å². The van der Waals surface area contributed by atoms with Crippen LogP contribution in [0.25, 0.3) is 0 Å². The largest absolute Gasteiger partial charge is 0.464 e. The van der Waals surface area contributed by atoms with Gasteiger partial charge in [-0.3, -0.25) is 0 Å². The maximum atomic E-state index is 11.5. The highest BCUT2D eigenvalue weighted by molar-refractivity contribution is 5.88. The van der Waals surface area contributed by atoms with Crippen molar-refractivity contribution in [3.05, 3.63) is 24.0 Å². The Morgan fingerprint density at radius 2 is 2.42 bits per heavy atom. The fourth-order valence-corrected chi connectivity index (χ4v) is 2.65. The molecular formula is C14H21N3O2. The Hall–Kier alpha value is -1.62. The predicted octanol–water partition coefficient (Wildman–Crippen LogP) is 1.58. The van der Waals surface area contributed by atoms with E-state index in [4.69, 9.17) is 10.5 Å². The van der Waals surface area contributed by atoms with Crippen LogP contribution < -0.4 is 10.6 Å². The minimum atomic E-state index is -0.394.